The van der Waals surface area contributed by atoms with E-state index in [-0.39, 0.29) is 19.0 Å². The van der Waals surface area contributed by atoms with E-state index in [0.717, 1.165) is 0 Å². The van der Waals surface area contributed by atoms with Crippen LogP contribution in [0.4, 0.5) is 0 Å². The van der Waals surface area contributed by atoms with Crippen molar-refractivity contribution in [3.8, 4) is 0 Å². The summed E-state index contributed by atoms with van der Waals surface area (Å²) in [6.45, 7) is 3.54. The molecule has 0 aliphatic carbocycles. The molecule has 0 heterocycles. The van der Waals surface area contributed by atoms with E-state index in [0.29, 0.717) is 52.9 Å². The van der Waals surface area contributed by atoms with Crippen LogP contribution < -0.4 is 0 Å². The summed E-state index contributed by atoms with van der Waals surface area (Å²) in [7, 11) is 1.35. The fraction of sp³-hybridized carbons (Fsp3) is 0.917. The third-order valence-electron chi connectivity index (χ3n) is 2.03. The van der Waals surface area contributed by atoms with Crippen molar-refractivity contribution in [1.82, 2.24) is 0 Å². The molecule has 0 bridgehead atoms. The maximum absolute atomic E-state index is 10.7. The fourth-order valence-electron chi connectivity index (χ4n) is 1.08. The monoisotopic (exact) mass is 280 g/mol. The van der Waals surface area contributed by atoms with Crippen molar-refractivity contribution in [3.05, 3.63) is 0 Å². The van der Waals surface area contributed by atoms with Crippen molar-refractivity contribution in [1.29, 1.82) is 0 Å². The number of aliphatic hydroxyl groups excluding tert-OH is 1. The van der Waals surface area contributed by atoms with Gasteiger partial charge in [0.2, 0.25) is 0 Å². The molecule has 0 aliphatic heterocycles. The highest BCUT2D eigenvalue weighted by atomic mass is 16.6. The predicted molar refractivity (Wildman–Crippen MR) is 67.0 cm³/mol. The minimum absolute atomic E-state index is 0.0269. The van der Waals surface area contributed by atoms with Crippen molar-refractivity contribution in [2.45, 2.75) is 6.42 Å². The van der Waals surface area contributed by atoms with E-state index in [2.05, 4.69) is 4.74 Å². The van der Waals surface area contributed by atoms with Crippen molar-refractivity contribution in [2.75, 3.05) is 66.6 Å². The van der Waals surface area contributed by atoms with Crippen LogP contribution >= 0.6 is 0 Å². The zero-order valence-corrected chi connectivity index (χ0v) is 11.5. The Morgan fingerprint density at radius 2 is 1.21 bits per heavy atom. The van der Waals surface area contributed by atoms with Gasteiger partial charge in [-0.15, -0.1) is 0 Å². The number of carbonyl (C=O) groups excluding carboxylic acids is 1. The molecule has 0 aliphatic rings. The van der Waals surface area contributed by atoms with E-state index in [1.807, 2.05) is 0 Å². The second-order valence-electron chi connectivity index (χ2n) is 3.50. The first kappa shape index (κ1) is 18.3. The van der Waals surface area contributed by atoms with Gasteiger partial charge in [0.1, 0.15) is 0 Å². The lowest BCUT2D eigenvalue weighted by molar-refractivity contribution is -0.141. The number of esters is 1. The lowest BCUT2D eigenvalue weighted by Crippen LogP contribution is -2.13. The first-order chi connectivity index (χ1) is 9.31. The van der Waals surface area contributed by atoms with Crippen LogP contribution in [0.3, 0.4) is 0 Å². The Bertz CT molecular complexity index is 199. The molecular formula is C12H24O7. The Kier molecular flexibility index (Phi) is 14.7. The molecule has 0 saturated heterocycles. The third-order valence-corrected chi connectivity index (χ3v) is 2.03. The summed E-state index contributed by atoms with van der Waals surface area (Å²) >= 11 is 0. The Labute approximate surface area is 113 Å². The molecule has 0 atom stereocenters. The summed E-state index contributed by atoms with van der Waals surface area (Å²) in [6, 6.07) is 0. The third kappa shape index (κ3) is 15.2. The number of methoxy groups -OCH3 is 1. The molecule has 7 heteroatoms. The molecule has 0 spiro atoms. The van der Waals surface area contributed by atoms with Gasteiger partial charge in [-0.1, -0.05) is 0 Å². The van der Waals surface area contributed by atoms with Gasteiger partial charge in [-0.3, -0.25) is 4.79 Å². The Balaban J connectivity index is 2.97. The van der Waals surface area contributed by atoms with E-state index in [1.165, 1.54) is 7.11 Å². The van der Waals surface area contributed by atoms with Crippen LogP contribution in [-0.2, 0) is 28.5 Å². The second-order valence-corrected chi connectivity index (χ2v) is 3.50. The number of ether oxygens (including phenoxy) is 5. The van der Waals surface area contributed by atoms with Gasteiger partial charge >= 0.3 is 5.97 Å². The van der Waals surface area contributed by atoms with Crippen LogP contribution in [0, 0.1) is 0 Å². The van der Waals surface area contributed by atoms with E-state index in [4.69, 9.17) is 24.1 Å². The second kappa shape index (κ2) is 15.3. The quantitative estimate of drug-likeness (QED) is 0.342. The Morgan fingerprint density at radius 3 is 1.63 bits per heavy atom. The summed E-state index contributed by atoms with van der Waals surface area (Å²) in [5.74, 6) is -0.280. The van der Waals surface area contributed by atoms with Crippen LogP contribution in [-0.4, -0.2) is 77.6 Å². The van der Waals surface area contributed by atoms with Gasteiger partial charge in [-0.2, -0.15) is 0 Å². The highest BCUT2D eigenvalue weighted by Gasteiger charge is 1.98. The van der Waals surface area contributed by atoms with Gasteiger partial charge in [0, 0.05) is 0 Å². The van der Waals surface area contributed by atoms with Crippen LogP contribution in [0.2, 0.25) is 0 Å². The largest absolute Gasteiger partial charge is 0.469 e. The Morgan fingerprint density at radius 1 is 0.789 bits per heavy atom. The summed E-state index contributed by atoms with van der Waals surface area (Å²) in [6.07, 6.45) is 0.257. The number of aliphatic hydroxyl groups is 1. The van der Waals surface area contributed by atoms with Crippen LogP contribution in [0.5, 0.6) is 0 Å². The number of hydrogen-bond acceptors (Lipinski definition) is 7. The van der Waals surface area contributed by atoms with Gasteiger partial charge < -0.3 is 28.8 Å². The fourth-order valence-corrected chi connectivity index (χ4v) is 1.08. The van der Waals surface area contributed by atoms with Gasteiger partial charge in [0.05, 0.1) is 73.0 Å². The van der Waals surface area contributed by atoms with Gasteiger partial charge in [0.15, 0.2) is 0 Å². The average molecular weight is 280 g/mol. The lowest BCUT2D eigenvalue weighted by Gasteiger charge is -2.06. The van der Waals surface area contributed by atoms with Gasteiger partial charge in [-0.25, -0.2) is 0 Å². The molecule has 0 aromatic rings. The zero-order valence-electron chi connectivity index (χ0n) is 11.5. The molecule has 0 rings (SSSR count). The van der Waals surface area contributed by atoms with Crippen LogP contribution in [0.25, 0.3) is 0 Å². The van der Waals surface area contributed by atoms with Crippen molar-refractivity contribution >= 4 is 5.97 Å². The molecule has 0 aromatic heterocycles. The molecule has 19 heavy (non-hydrogen) atoms. The summed E-state index contributed by atoms with van der Waals surface area (Å²) in [4.78, 5) is 10.7. The molecule has 0 unspecified atom stereocenters. The van der Waals surface area contributed by atoms with Gasteiger partial charge in [0.25, 0.3) is 0 Å². The van der Waals surface area contributed by atoms with E-state index in [1.54, 1.807) is 0 Å². The summed E-state index contributed by atoms with van der Waals surface area (Å²) < 4.78 is 25.1. The number of hydrogen-bond donors (Lipinski definition) is 1. The first-order valence-corrected chi connectivity index (χ1v) is 6.30. The molecule has 114 valence electrons. The van der Waals surface area contributed by atoms with Crippen molar-refractivity contribution in [2.24, 2.45) is 0 Å². The SMILES string of the molecule is COC(=O)CCOCCOCCOCCOCCO. The van der Waals surface area contributed by atoms with E-state index in [9.17, 15) is 4.79 Å². The van der Waals surface area contributed by atoms with Crippen LogP contribution in [0.15, 0.2) is 0 Å². The molecule has 0 saturated carbocycles. The van der Waals surface area contributed by atoms with E-state index < -0.39 is 0 Å². The maximum atomic E-state index is 10.7. The standard InChI is InChI=1S/C12H24O7/c1-15-12(14)2-4-16-6-8-18-10-11-19-9-7-17-5-3-13/h13H,2-11H2,1H3. The molecule has 0 fully saturated rings. The number of rotatable bonds is 14. The molecule has 0 amide bonds. The minimum Gasteiger partial charge on any atom is -0.469 e. The highest BCUT2D eigenvalue weighted by Crippen LogP contribution is 1.87. The number of carbonyl (C=O) groups is 1. The Hall–Kier alpha value is -0.730. The van der Waals surface area contributed by atoms with Crippen molar-refractivity contribution < 1.29 is 33.6 Å². The van der Waals surface area contributed by atoms with Crippen molar-refractivity contribution in [3.63, 3.8) is 0 Å². The summed E-state index contributed by atoms with van der Waals surface area (Å²) in [5.41, 5.74) is 0. The molecule has 0 radical (unpaired) electrons. The first-order valence-electron chi connectivity index (χ1n) is 6.30. The lowest BCUT2D eigenvalue weighted by atomic mass is 10.5. The van der Waals surface area contributed by atoms with E-state index >= 15 is 0 Å². The zero-order chi connectivity index (χ0) is 14.2. The molecule has 0 aromatic carbocycles. The molecule has 7 nitrogen and oxygen atoms in total. The predicted octanol–water partition coefficient (Wildman–Crippen LogP) is -0.392. The highest BCUT2D eigenvalue weighted by molar-refractivity contribution is 5.69. The normalized spacial score (nSPS) is 10.6. The topological polar surface area (TPSA) is 83.5 Å². The average Bonchev–Trinajstić information content (AvgIpc) is 2.43. The minimum atomic E-state index is -0.280. The van der Waals surface area contributed by atoms with Gasteiger partial charge in [-0.05, 0) is 0 Å². The molecular weight excluding hydrogens is 256 g/mol. The smallest absolute Gasteiger partial charge is 0.307 e. The maximum Gasteiger partial charge on any atom is 0.307 e. The molecule has 1 N–H and O–H groups in total. The van der Waals surface area contributed by atoms with Crippen LogP contribution in [0.1, 0.15) is 6.42 Å². The summed E-state index contributed by atoms with van der Waals surface area (Å²) in [5, 5.41) is 8.45.